The molecule has 0 saturated heterocycles. The zero-order valence-electron chi connectivity index (χ0n) is 10.8. The first-order valence-electron chi connectivity index (χ1n) is 6.10. The Hall–Kier alpha value is -1.66. The topological polar surface area (TPSA) is 70.6 Å². The van der Waals surface area contributed by atoms with E-state index in [-0.39, 0.29) is 17.6 Å². The smallest absolute Gasteiger partial charge is 0.257 e. The molecule has 0 spiro atoms. The normalized spacial score (nSPS) is 9.79. The molecular weight excluding hydrogens is 264 g/mol. The van der Waals surface area contributed by atoms with Crippen LogP contribution in [0.25, 0.3) is 0 Å². The second-order valence-electron chi connectivity index (χ2n) is 3.75. The van der Waals surface area contributed by atoms with Crippen LogP contribution in [0.2, 0.25) is 0 Å². The molecule has 0 aliphatic rings. The summed E-state index contributed by atoms with van der Waals surface area (Å²) in [6, 6.07) is 6.89. The number of hydrogen-bond acceptors (Lipinski definition) is 4. The van der Waals surface area contributed by atoms with Gasteiger partial charge in [-0.2, -0.15) is 0 Å². The van der Waals surface area contributed by atoms with Crippen molar-refractivity contribution in [2.45, 2.75) is 13.3 Å². The van der Waals surface area contributed by atoms with Crippen molar-refractivity contribution >= 4 is 23.2 Å². The van der Waals surface area contributed by atoms with Crippen LogP contribution in [0, 0.1) is 0 Å². The number of rotatable bonds is 6. The van der Waals surface area contributed by atoms with Gasteiger partial charge in [-0.1, -0.05) is 6.07 Å². The first-order valence-corrected chi connectivity index (χ1v) is 6.51. The number of aliphatic hydroxyl groups is 1. The van der Waals surface area contributed by atoms with Crippen molar-refractivity contribution < 1.29 is 14.6 Å². The van der Waals surface area contributed by atoms with Crippen molar-refractivity contribution in [3.05, 3.63) is 29.8 Å². The maximum atomic E-state index is 11.9. The predicted molar refractivity (Wildman–Crippen MR) is 77.4 cm³/mol. The highest BCUT2D eigenvalue weighted by Gasteiger charge is 2.08. The second-order valence-corrected chi connectivity index (χ2v) is 4.16. The van der Waals surface area contributed by atoms with E-state index < -0.39 is 0 Å². The summed E-state index contributed by atoms with van der Waals surface area (Å²) in [5, 5.41) is 14.3. The number of carbonyl (C=O) groups is 1. The van der Waals surface area contributed by atoms with Gasteiger partial charge in [-0.3, -0.25) is 10.1 Å². The molecule has 0 aromatic heterocycles. The number of carbonyl (C=O) groups excluding carboxylic acids is 1. The summed E-state index contributed by atoms with van der Waals surface area (Å²) in [5.74, 6) is 0.359. The van der Waals surface area contributed by atoms with Gasteiger partial charge in [0.2, 0.25) is 0 Å². The van der Waals surface area contributed by atoms with Crippen LogP contribution >= 0.6 is 12.2 Å². The van der Waals surface area contributed by atoms with Crippen LogP contribution in [0.1, 0.15) is 23.7 Å². The third-order valence-electron chi connectivity index (χ3n) is 2.25. The highest BCUT2D eigenvalue weighted by atomic mass is 32.1. The molecule has 3 N–H and O–H groups in total. The third-order valence-corrected chi connectivity index (χ3v) is 2.50. The molecule has 0 aliphatic carbocycles. The molecule has 0 aliphatic heterocycles. The molecule has 1 aromatic rings. The van der Waals surface area contributed by atoms with Gasteiger partial charge in [-0.25, -0.2) is 0 Å². The van der Waals surface area contributed by atoms with Gasteiger partial charge < -0.3 is 15.2 Å². The number of ether oxygens (including phenoxy) is 1. The zero-order chi connectivity index (χ0) is 14.1. The average molecular weight is 282 g/mol. The largest absolute Gasteiger partial charge is 0.494 e. The van der Waals surface area contributed by atoms with Crippen LogP contribution < -0.4 is 15.4 Å². The van der Waals surface area contributed by atoms with Crippen molar-refractivity contribution in [1.29, 1.82) is 0 Å². The van der Waals surface area contributed by atoms with Crippen LogP contribution in [-0.4, -0.2) is 35.9 Å². The molecule has 0 heterocycles. The lowest BCUT2D eigenvalue weighted by Crippen LogP contribution is -2.39. The summed E-state index contributed by atoms with van der Waals surface area (Å²) in [4.78, 5) is 11.9. The fourth-order valence-electron chi connectivity index (χ4n) is 1.39. The third kappa shape index (κ3) is 5.67. The molecule has 104 valence electrons. The SMILES string of the molecule is CCOc1cccc(C(=O)NC(=S)NCCCO)c1. The Morgan fingerprint density at radius 3 is 2.95 bits per heavy atom. The first-order chi connectivity index (χ1) is 9.17. The summed E-state index contributed by atoms with van der Waals surface area (Å²) in [6.45, 7) is 3.04. The maximum absolute atomic E-state index is 11.9. The van der Waals surface area contributed by atoms with Gasteiger partial charge in [0.1, 0.15) is 5.75 Å². The number of benzene rings is 1. The zero-order valence-corrected chi connectivity index (χ0v) is 11.6. The second kappa shape index (κ2) is 8.44. The summed E-state index contributed by atoms with van der Waals surface area (Å²) in [5.41, 5.74) is 0.484. The highest BCUT2D eigenvalue weighted by molar-refractivity contribution is 7.80. The van der Waals surface area contributed by atoms with Gasteiger partial charge in [0.15, 0.2) is 5.11 Å². The molecular formula is C13H18N2O3S. The van der Waals surface area contributed by atoms with E-state index in [1.165, 1.54) is 0 Å². The Labute approximate surface area is 118 Å². The number of thiocarbonyl (C=S) groups is 1. The summed E-state index contributed by atoms with van der Waals surface area (Å²) < 4.78 is 5.32. The molecule has 0 atom stereocenters. The minimum Gasteiger partial charge on any atom is -0.494 e. The van der Waals surface area contributed by atoms with Crippen molar-refractivity contribution in [1.82, 2.24) is 10.6 Å². The number of hydrogen-bond donors (Lipinski definition) is 3. The Bertz CT molecular complexity index is 438. The fourth-order valence-corrected chi connectivity index (χ4v) is 1.59. The van der Waals surface area contributed by atoms with Gasteiger partial charge in [0, 0.05) is 18.7 Å². The van der Waals surface area contributed by atoms with Crippen LogP contribution in [0.5, 0.6) is 5.75 Å². The van der Waals surface area contributed by atoms with E-state index in [2.05, 4.69) is 10.6 Å². The minimum atomic E-state index is -0.289. The Morgan fingerprint density at radius 2 is 2.26 bits per heavy atom. The van der Waals surface area contributed by atoms with Crippen molar-refractivity contribution in [2.75, 3.05) is 19.8 Å². The van der Waals surface area contributed by atoms with Gasteiger partial charge in [0.25, 0.3) is 5.91 Å². The molecule has 1 rings (SSSR count). The Balaban J connectivity index is 2.52. The van der Waals surface area contributed by atoms with Gasteiger partial charge in [-0.15, -0.1) is 0 Å². The molecule has 0 radical (unpaired) electrons. The van der Waals surface area contributed by atoms with E-state index in [0.29, 0.717) is 30.9 Å². The van der Waals surface area contributed by atoms with Gasteiger partial charge in [0.05, 0.1) is 6.61 Å². The number of nitrogens with one attached hydrogen (secondary N) is 2. The lowest BCUT2D eigenvalue weighted by Gasteiger charge is -2.09. The number of amides is 1. The summed E-state index contributed by atoms with van der Waals surface area (Å²) in [7, 11) is 0. The molecule has 5 nitrogen and oxygen atoms in total. The maximum Gasteiger partial charge on any atom is 0.257 e. The molecule has 19 heavy (non-hydrogen) atoms. The van der Waals surface area contributed by atoms with Gasteiger partial charge >= 0.3 is 0 Å². The quantitative estimate of drug-likeness (QED) is 0.538. The fraction of sp³-hybridized carbons (Fsp3) is 0.385. The van der Waals surface area contributed by atoms with E-state index in [1.54, 1.807) is 24.3 Å². The first kappa shape index (κ1) is 15.4. The molecule has 1 aromatic carbocycles. The van der Waals surface area contributed by atoms with Crippen molar-refractivity contribution in [3.63, 3.8) is 0 Å². The van der Waals surface area contributed by atoms with Gasteiger partial charge in [-0.05, 0) is 43.8 Å². The summed E-state index contributed by atoms with van der Waals surface area (Å²) in [6.07, 6.45) is 0.579. The minimum absolute atomic E-state index is 0.0833. The molecule has 0 fully saturated rings. The van der Waals surface area contributed by atoms with Crippen LogP contribution in [0.4, 0.5) is 0 Å². The van der Waals surface area contributed by atoms with E-state index in [0.717, 1.165) is 0 Å². The van der Waals surface area contributed by atoms with Crippen molar-refractivity contribution in [2.24, 2.45) is 0 Å². The molecule has 6 heteroatoms. The van der Waals surface area contributed by atoms with E-state index in [9.17, 15) is 4.79 Å². The molecule has 0 bridgehead atoms. The predicted octanol–water partition coefficient (Wildman–Crippen LogP) is 1.07. The molecule has 1 amide bonds. The van der Waals surface area contributed by atoms with Crippen LogP contribution in [-0.2, 0) is 0 Å². The Kier molecular flexibility index (Phi) is 6.84. The van der Waals surface area contributed by atoms with Crippen LogP contribution in [0.15, 0.2) is 24.3 Å². The number of aliphatic hydroxyl groups excluding tert-OH is 1. The average Bonchev–Trinajstić information content (AvgIpc) is 2.39. The van der Waals surface area contributed by atoms with E-state index >= 15 is 0 Å². The van der Waals surface area contributed by atoms with E-state index in [1.807, 2.05) is 6.92 Å². The van der Waals surface area contributed by atoms with E-state index in [4.69, 9.17) is 22.1 Å². The highest BCUT2D eigenvalue weighted by Crippen LogP contribution is 2.12. The molecule has 0 saturated carbocycles. The van der Waals surface area contributed by atoms with Crippen molar-refractivity contribution in [3.8, 4) is 5.75 Å². The molecule has 0 unspecified atom stereocenters. The summed E-state index contributed by atoms with van der Waals surface area (Å²) >= 11 is 4.97. The standard InChI is InChI=1S/C13H18N2O3S/c1-2-18-11-6-3-5-10(9-11)12(17)15-13(19)14-7-4-8-16/h3,5-6,9,16H,2,4,7-8H2,1H3,(H2,14,15,17,19). The lowest BCUT2D eigenvalue weighted by atomic mass is 10.2. The van der Waals surface area contributed by atoms with Crippen LogP contribution in [0.3, 0.4) is 0 Å². The Morgan fingerprint density at radius 1 is 1.47 bits per heavy atom. The monoisotopic (exact) mass is 282 g/mol. The lowest BCUT2D eigenvalue weighted by molar-refractivity contribution is 0.0976.